The molecule has 0 unspecified atom stereocenters. The van der Waals surface area contributed by atoms with Gasteiger partial charge in [0.05, 0.1) is 0 Å². The number of piperidine rings is 1. The normalized spacial score (nSPS) is 17.6. The van der Waals surface area contributed by atoms with Crippen molar-refractivity contribution >= 4 is 5.82 Å². The summed E-state index contributed by atoms with van der Waals surface area (Å²) in [6, 6.07) is 1.59. The minimum absolute atomic E-state index is 0.0583. The fourth-order valence-corrected chi connectivity index (χ4v) is 2.58. The molecule has 0 aliphatic carbocycles. The van der Waals surface area contributed by atoms with E-state index in [2.05, 4.69) is 26.8 Å². The van der Waals surface area contributed by atoms with Gasteiger partial charge in [0.15, 0.2) is 0 Å². The lowest BCUT2D eigenvalue weighted by atomic mass is 9.97. The third kappa shape index (κ3) is 3.80. The van der Waals surface area contributed by atoms with Gasteiger partial charge in [-0.3, -0.25) is 4.79 Å². The Morgan fingerprint density at radius 2 is 2.16 bits per heavy atom. The molecule has 0 amide bonds. The highest BCUT2D eigenvalue weighted by Crippen LogP contribution is 2.18. The Kier molecular flexibility index (Phi) is 4.58. The van der Waals surface area contributed by atoms with Crippen molar-refractivity contribution < 1.29 is 0 Å². The number of H-pyrrole nitrogens is 1. The largest absolute Gasteiger partial charge is 0.359 e. The number of rotatable bonds is 4. The van der Waals surface area contributed by atoms with Crippen LogP contribution in [0.3, 0.4) is 0 Å². The summed E-state index contributed by atoms with van der Waals surface area (Å²) in [5.74, 6) is 2.25. The Hall–Kier alpha value is -1.36. The quantitative estimate of drug-likeness (QED) is 0.885. The van der Waals surface area contributed by atoms with E-state index in [1.54, 1.807) is 6.07 Å². The van der Waals surface area contributed by atoms with Crippen LogP contribution in [0.4, 0.5) is 5.82 Å². The van der Waals surface area contributed by atoms with E-state index in [1.807, 2.05) is 14.0 Å². The highest BCUT2D eigenvalue weighted by molar-refractivity contribution is 5.36. The van der Waals surface area contributed by atoms with Crippen LogP contribution in [0.5, 0.6) is 0 Å². The number of aromatic nitrogens is 2. The minimum Gasteiger partial charge on any atom is -0.359 e. The molecule has 1 aromatic rings. The molecule has 0 aromatic carbocycles. The van der Waals surface area contributed by atoms with E-state index in [4.69, 9.17) is 0 Å². The minimum atomic E-state index is -0.0583. The standard InChI is InChI=1S/C14H24N4O/c1-4-12-15-13(9-14(19)16-12)18(3)10-11-5-7-17(2)8-6-11/h9,11H,4-8,10H2,1-3H3,(H,15,16,19). The average Bonchev–Trinajstić information content (AvgIpc) is 2.40. The van der Waals surface area contributed by atoms with Gasteiger partial charge in [-0.15, -0.1) is 0 Å². The van der Waals surface area contributed by atoms with Crippen LogP contribution in [0.15, 0.2) is 10.9 Å². The predicted octanol–water partition coefficient (Wildman–Crippen LogP) is 1.11. The third-order valence-electron chi connectivity index (χ3n) is 3.87. The average molecular weight is 264 g/mol. The molecule has 1 saturated heterocycles. The van der Waals surface area contributed by atoms with Crippen molar-refractivity contribution in [2.45, 2.75) is 26.2 Å². The predicted molar refractivity (Wildman–Crippen MR) is 77.7 cm³/mol. The van der Waals surface area contributed by atoms with Crippen molar-refractivity contribution in [1.82, 2.24) is 14.9 Å². The van der Waals surface area contributed by atoms with Gasteiger partial charge in [0.2, 0.25) is 0 Å². The van der Waals surface area contributed by atoms with Crippen LogP contribution in [-0.4, -0.2) is 48.6 Å². The molecule has 1 aliphatic heterocycles. The van der Waals surface area contributed by atoms with Gasteiger partial charge < -0.3 is 14.8 Å². The third-order valence-corrected chi connectivity index (χ3v) is 3.87. The SMILES string of the molecule is CCc1nc(N(C)CC2CCN(C)CC2)cc(=O)[nH]1. The van der Waals surface area contributed by atoms with Crippen molar-refractivity contribution in [3.63, 3.8) is 0 Å². The summed E-state index contributed by atoms with van der Waals surface area (Å²) in [7, 11) is 4.20. The first kappa shape index (κ1) is 14.1. The molecule has 5 heteroatoms. The second-order valence-electron chi connectivity index (χ2n) is 5.53. The van der Waals surface area contributed by atoms with Crippen LogP contribution in [0.2, 0.25) is 0 Å². The second-order valence-corrected chi connectivity index (χ2v) is 5.53. The molecule has 1 aliphatic rings. The molecular formula is C14H24N4O. The summed E-state index contributed by atoms with van der Waals surface area (Å²) < 4.78 is 0. The Morgan fingerprint density at radius 3 is 2.79 bits per heavy atom. The maximum Gasteiger partial charge on any atom is 0.252 e. The molecular weight excluding hydrogens is 240 g/mol. The number of hydrogen-bond acceptors (Lipinski definition) is 4. The maximum atomic E-state index is 11.6. The Bertz CT molecular complexity index is 463. The number of nitrogens with one attached hydrogen (secondary N) is 1. The number of aryl methyl sites for hydroxylation is 1. The molecule has 2 heterocycles. The van der Waals surface area contributed by atoms with E-state index >= 15 is 0 Å². The van der Waals surface area contributed by atoms with Crippen molar-refractivity contribution in [2.75, 3.05) is 38.6 Å². The number of nitrogens with zero attached hydrogens (tertiary/aromatic N) is 3. The molecule has 106 valence electrons. The zero-order valence-corrected chi connectivity index (χ0v) is 12.1. The fraction of sp³-hybridized carbons (Fsp3) is 0.714. The summed E-state index contributed by atoms with van der Waals surface area (Å²) in [5.41, 5.74) is -0.0583. The second kappa shape index (κ2) is 6.19. The lowest BCUT2D eigenvalue weighted by Crippen LogP contribution is -2.36. The molecule has 0 saturated carbocycles. The lowest BCUT2D eigenvalue weighted by molar-refractivity contribution is 0.222. The van der Waals surface area contributed by atoms with E-state index in [0.29, 0.717) is 5.92 Å². The molecule has 0 bridgehead atoms. The molecule has 5 nitrogen and oxygen atoms in total. The monoisotopic (exact) mass is 264 g/mol. The summed E-state index contributed by atoms with van der Waals surface area (Å²) >= 11 is 0. The Morgan fingerprint density at radius 1 is 1.47 bits per heavy atom. The van der Waals surface area contributed by atoms with Gasteiger partial charge in [-0.25, -0.2) is 4.98 Å². The van der Waals surface area contributed by atoms with Crippen molar-refractivity contribution in [2.24, 2.45) is 5.92 Å². The van der Waals surface area contributed by atoms with Crippen LogP contribution in [0, 0.1) is 5.92 Å². The first-order valence-corrected chi connectivity index (χ1v) is 7.08. The van der Waals surface area contributed by atoms with Crippen LogP contribution >= 0.6 is 0 Å². The van der Waals surface area contributed by atoms with Crippen molar-refractivity contribution in [3.05, 3.63) is 22.2 Å². The van der Waals surface area contributed by atoms with Crippen LogP contribution in [0.25, 0.3) is 0 Å². The Balaban J connectivity index is 2.01. The van der Waals surface area contributed by atoms with E-state index in [9.17, 15) is 4.79 Å². The number of aromatic amines is 1. The highest BCUT2D eigenvalue weighted by Gasteiger charge is 2.19. The number of likely N-dealkylation sites (tertiary alicyclic amines) is 1. The molecule has 0 atom stereocenters. The number of anilines is 1. The first-order valence-electron chi connectivity index (χ1n) is 7.08. The zero-order valence-electron chi connectivity index (χ0n) is 12.1. The maximum absolute atomic E-state index is 11.6. The molecule has 0 radical (unpaired) electrons. The van der Waals surface area contributed by atoms with E-state index in [1.165, 1.54) is 25.9 Å². The van der Waals surface area contributed by atoms with Gasteiger partial charge in [0.1, 0.15) is 11.6 Å². The van der Waals surface area contributed by atoms with Gasteiger partial charge in [0.25, 0.3) is 5.56 Å². The van der Waals surface area contributed by atoms with Crippen LogP contribution in [-0.2, 0) is 6.42 Å². The van der Waals surface area contributed by atoms with Crippen molar-refractivity contribution in [3.8, 4) is 0 Å². The zero-order chi connectivity index (χ0) is 13.8. The smallest absolute Gasteiger partial charge is 0.252 e. The van der Waals surface area contributed by atoms with Gasteiger partial charge in [0, 0.05) is 26.1 Å². The molecule has 1 fully saturated rings. The molecule has 19 heavy (non-hydrogen) atoms. The van der Waals surface area contributed by atoms with Gasteiger partial charge in [-0.2, -0.15) is 0 Å². The topological polar surface area (TPSA) is 52.2 Å². The highest BCUT2D eigenvalue weighted by atomic mass is 16.1. The molecule has 1 aromatic heterocycles. The van der Waals surface area contributed by atoms with Gasteiger partial charge in [-0.1, -0.05) is 6.92 Å². The molecule has 1 N–H and O–H groups in total. The van der Waals surface area contributed by atoms with Gasteiger partial charge in [-0.05, 0) is 38.9 Å². The number of hydrogen-bond donors (Lipinski definition) is 1. The van der Waals surface area contributed by atoms with Crippen molar-refractivity contribution in [1.29, 1.82) is 0 Å². The Labute approximate surface area is 114 Å². The molecule has 0 spiro atoms. The summed E-state index contributed by atoms with van der Waals surface area (Å²) in [6.07, 6.45) is 3.21. The summed E-state index contributed by atoms with van der Waals surface area (Å²) in [4.78, 5) is 23.3. The van der Waals surface area contributed by atoms with Crippen LogP contribution in [0.1, 0.15) is 25.6 Å². The fourth-order valence-electron chi connectivity index (χ4n) is 2.58. The lowest BCUT2D eigenvalue weighted by Gasteiger charge is -2.32. The van der Waals surface area contributed by atoms with E-state index in [0.717, 1.165) is 24.6 Å². The summed E-state index contributed by atoms with van der Waals surface area (Å²) in [6.45, 7) is 5.31. The van der Waals surface area contributed by atoms with Gasteiger partial charge >= 0.3 is 0 Å². The first-order chi connectivity index (χ1) is 9.08. The molecule has 2 rings (SSSR count). The van der Waals surface area contributed by atoms with E-state index in [-0.39, 0.29) is 5.56 Å². The summed E-state index contributed by atoms with van der Waals surface area (Å²) in [5, 5.41) is 0. The van der Waals surface area contributed by atoms with E-state index < -0.39 is 0 Å². The van der Waals surface area contributed by atoms with Crippen LogP contribution < -0.4 is 10.5 Å².